The van der Waals surface area contributed by atoms with Crippen molar-refractivity contribution in [1.29, 1.82) is 0 Å². The zero-order valence-corrected chi connectivity index (χ0v) is 19.3. The molecule has 0 bridgehead atoms. The number of nitrogens with zero attached hydrogens (tertiary/aromatic N) is 1. The molecular formula is C21H36N6O5. The van der Waals surface area contributed by atoms with E-state index in [-0.39, 0.29) is 18.3 Å². The number of carbonyl (C=O) groups is 4. The Morgan fingerprint density at radius 1 is 1.03 bits per heavy atom. The van der Waals surface area contributed by atoms with Gasteiger partial charge >= 0.3 is 5.97 Å². The molecule has 5 unspecified atom stereocenters. The first kappa shape index (κ1) is 27.1. The highest BCUT2D eigenvalue weighted by Crippen LogP contribution is 2.11. The van der Waals surface area contributed by atoms with Gasteiger partial charge in [-0.15, -0.1) is 0 Å². The summed E-state index contributed by atoms with van der Waals surface area (Å²) >= 11 is 0. The van der Waals surface area contributed by atoms with Crippen LogP contribution in [0.2, 0.25) is 0 Å². The number of rotatable bonds is 13. The first-order chi connectivity index (χ1) is 15.0. The summed E-state index contributed by atoms with van der Waals surface area (Å²) in [5.41, 5.74) is 6.23. The molecule has 11 nitrogen and oxygen atoms in total. The Bertz CT molecular complexity index is 765. The second-order valence-electron chi connectivity index (χ2n) is 8.53. The number of nitrogens with one attached hydrogen (secondary N) is 4. The number of carbonyl (C=O) groups excluding carboxylic acids is 3. The molecule has 0 spiro atoms. The van der Waals surface area contributed by atoms with E-state index in [1.54, 1.807) is 6.92 Å². The monoisotopic (exact) mass is 452 g/mol. The van der Waals surface area contributed by atoms with Crippen LogP contribution < -0.4 is 21.7 Å². The number of hydrogen-bond acceptors (Lipinski definition) is 6. The Morgan fingerprint density at radius 3 is 2.09 bits per heavy atom. The van der Waals surface area contributed by atoms with Gasteiger partial charge in [0.15, 0.2) is 0 Å². The third-order valence-corrected chi connectivity index (χ3v) is 5.14. The molecule has 7 N–H and O–H groups in total. The van der Waals surface area contributed by atoms with Gasteiger partial charge in [0.1, 0.15) is 18.1 Å². The fourth-order valence-electron chi connectivity index (χ4n) is 3.04. The van der Waals surface area contributed by atoms with Crippen molar-refractivity contribution in [3.05, 3.63) is 18.2 Å². The molecule has 0 aliphatic heterocycles. The number of amides is 3. The van der Waals surface area contributed by atoms with Crippen LogP contribution in [0.3, 0.4) is 0 Å². The van der Waals surface area contributed by atoms with E-state index in [4.69, 9.17) is 5.73 Å². The third kappa shape index (κ3) is 8.66. The van der Waals surface area contributed by atoms with E-state index in [1.807, 2.05) is 20.8 Å². The normalized spacial score (nSPS) is 15.8. The van der Waals surface area contributed by atoms with E-state index in [0.29, 0.717) is 18.5 Å². The van der Waals surface area contributed by atoms with Gasteiger partial charge in [-0.2, -0.15) is 0 Å². The lowest BCUT2D eigenvalue weighted by atomic mass is 9.97. The molecule has 0 aromatic carbocycles. The summed E-state index contributed by atoms with van der Waals surface area (Å²) < 4.78 is 0. The molecular weight excluding hydrogens is 416 g/mol. The van der Waals surface area contributed by atoms with Crippen molar-refractivity contribution in [3.63, 3.8) is 0 Å². The number of carboxylic acids is 1. The molecule has 0 aliphatic rings. The molecule has 0 aliphatic carbocycles. The van der Waals surface area contributed by atoms with Crippen molar-refractivity contribution < 1.29 is 24.3 Å². The molecule has 11 heteroatoms. The van der Waals surface area contributed by atoms with Crippen LogP contribution in [-0.2, 0) is 25.6 Å². The zero-order chi connectivity index (χ0) is 24.4. The maximum atomic E-state index is 13.0. The van der Waals surface area contributed by atoms with Crippen LogP contribution in [0.15, 0.2) is 12.5 Å². The zero-order valence-electron chi connectivity index (χ0n) is 19.3. The standard InChI is InChI=1S/C21H36N6O5/c1-6-12(4)17(21(31)32)27-20(30)15(7-11(2)3)26-19(29)16(25-18(28)13(5)22)8-14-9-23-10-24-14/h9-13,15-17H,6-8,22H2,1-5H3,(H,23,24)(H,25,28)(H,26,29)(H,27,30)(H,31,32). The number of nitrogens with two attached hydrogens (primary N) is 1. The molecule has 1 aromatic heterocycles. The molecule has 180 valence electrons. The summed E-state index contributed by atoms with van der Waals surface area (Å²) in [6.45, 7) is 8.84. The van der Waals surface area contributed by atoms with Gasteiger partial charge in [-0.25, -0.2) is 9.78 Å². The minimum absolute atomic E-state index is 0.0441. The predicted molar refractivity (Wildman–Crippen MR) is 118 cm³/mol. The lowest BCUT2D eigenvalue weighted by Crippen LogP contribution is -2.58. The van der Waals surface area contributed by atoms with Gasteiger partial charge in [0.2, 0.25) is 17.7 Å². The van der Waals surface area contributed by atoms with Crippen LogP contribution in [-0.4, -0.2) is 62.9 Å². The third-order valence-electron chi connectivity index (χ3n) is 5.14. The van der Waals surface area contributed by atoms with Crippen LogP contribution in [0.25, 0.3) is 0 Å². The largest absolute Gasteiger partial charge is 0.480 e. The summed E-state index contributed by atoms with van der Waals surface area (Å²) in [5.74, 6) is -3.06. The van der Waals surface area contributed by atoms with E-state index < -0.39 is 47.9 Å². The summed E-state index contributed by atoms with van der Waals surface area (Å²) in [5, 5.41) is 17.3. The average Bonchev–Trinajstić information content (AvgIpc) is 3.22. The Morgan fingerprint density at radius 2 is 1.62 bits per heavy atom. The fraction of sp³-hybridized carbons (Fsp3) is 0.667. The van der Waals surface area contributed by atoms with Crippen molar-refractivity contribution in [2.24, 2.45) is 17.6 Å². The average molecular weight is 453 g/mol. The number of hydrogen-bond donors (Lipinski definition) is 6. The summed E-state index contributed by atoms with van der Waals surface area (Å²) in [6, 6.07) is -3.86. The second kappa shape index (κ2) is 12.8. The minimum Gasteiger partial charge on any atom is -0.480 e. The molecule has 3 amide bonds. The molecule has 0 radical (unpaired) electrons. The van der Waals surface area contributed by atoms with Crippen molar-refractivity contribution in [2.45, 2.75) is 78.0 Å². The Kier molecular flexibility index (Phi) is 10.8. The highest BCUT2D eigenvalue weighted by Gasteiger charge is 2.32. The minimum atomic E-state index is -1.14. The van der Waals surface area contributed by atoms with Gasteiger partial charge in [0, 0.05) is 18.3 Å². The van der Waals surface area contributed by atoms with Gasteiger partial charge in [0.05, 0.1) is 12.4 Å². The number of H-pyrrole nitrogens is 1. The maximum absolute atomic E-state index is 13.0. The maximum Gasteiger partial charge on any atom is 0.326 e. The van der Waals surface area contributed by atoms with Crippen LogP contribution >= 0.6 is 0 Å². The highest BCUT2D eigenvalue weighted by molar-refractivity contribution is 5.94. The van der Waals surface area contributed by atoms with Gasteiger partial charge in [-0.05, 0) is 25.2 Å². The predicted octanol–water partition coefficient (Wildman–Crippen LogP) is -0.0694. The molecule has 0 saturated carbocycles. The van der Waals surface area contributed by atoms with Crippen LogP contribution in [0.5, 0.6) is 0 Å². The van der Waals surface area contributed by atoms with Gasteiger partial charge in [0.25, 0.3) is 0 Å². The van der Waals surface area contributed by atoms with Gasteiger partial charge < -0.3 is 31.8 Å². The lowest BCUT2D eigenvalue weighted by molar-refractivity contribution is -0.144. The summed E-state index contributed by atoms with van der Waals surface area (Å²) in [4.78, 5) is 56.5. The molecule has 1 aromatic rings. The van der Waals surface area contributed by atoms with Crippen molar-refractivity contribution in [1.82, 2.24) is 25.9 Å². The van der Waals surface area contributed by atoms with Crippen molar-refractivity contribution >= 4 is 23.7 Å². The van der Waals surface area contributed by atoms with Gasteiger partial charge in [-0.3, -0.25) is 14.4 Å². The van der Waals surface area contributed by atoms with E-state index in [9.17, 15) is 24.3 Å². The van der Waals surface area contributed by atoms with Crippen molar-refractivity contribution in [2.75, 3.05) is 0 Å². The summed E-state index contributed by atoms with van der Waals surface area (Å²) in [6.07, 6.45) is 3.95. The Labute approximate surface area is 188 Å². The number of carboxylic acid groups (broad SMARTS) is 1. The number of aromatic nitrogens is 2. The summed E-state index contributed by atoms with van der Waals surface area (Å²) in [7, 11) is 0. The Hall–Kier alpha value is -2.95. The Balaban J connectivity index is 3.03. The van der Waals surface area contributed by atoms with E-state index in [2.05, 4.69) is 25.9 Å². The highest BCUT2D eigenvalue weighted by atomic mass is 16.4. The van der Waals surface area contributed by atoms with Crippen molar-refractivity contribution in [3.8, 4) is 0 Å². The van der Waals surface area contributed by atoms with Crippen LogP contribution in [0.1, 0.15) is 53.2 Å². The molecule has 1 heterocycles. The number of aromatic amines is 1. The smallest absolute Gasteiger partial charge is 0.326 e. The topological polar surface area (TPSA) is 179 Å². The molecule has 32 heavy (non-hydrogen) atoms. The van der Waals surface area contributed by atoms with Crippen LogP contribution in [0, 0.1) is 11.8 Å². The van der Waals surface area contributed by atoms with E-state index in [1.165, 1.54) is 19.4 Å². The van der Waals surface area contributed by atoms with E-state index >= 15 is 0 Å². The number of imidazole rings is 1. The fourth-order valence-corrected chi connectivity index (χ4v) is 3.04. The molecule has 0 fully saturated rings. The molecule has 0 saturated heterocycles. The second-order valence-corrected chi connectivity index (χ2v) is 8.53. The lowest BCUT2D eigenvalue weighted by Gasteiger charge is -2.27. The first-order valence-corrected chi connectivity index (χ1v) is 10.8. The molecule has 5 atom stereocenters. The molecule has 1 rings (SSSR count). The first-order valence-electron chi connectivity index (χ1n) is 10.8. The SMILES string of the molecule is CCC(C)C(NC(=O)C(CC(C)C)NC(=O)C(Cc1cnc[nH]1)NC(=O)C(C)N)C(=O)O. The van der Waals surface area contributed by atoms with Gasteiger partial charge in [-0.1, -0.05) is 34.1 Å². The quantitative estimate of drug-likeness (QED) is 0.242. The van der Waals surface area contributed by atoms with Crippen LogP contribution in [0.4, 0.5) is 0 Å². The van der Waals surface area contributed by atoms with E-state index in [0.717, 1.165) is 0 Å². The number of aliphatic carboxylic acids is 1.